The molecule has 2 aliphatic heterocycles. The summed E-state index contributed by atoms with van der Waals surface area (Å²) in [6, 6.07) is 34.1. The van der Waals surface area contributed by atoms with Gasteiger partial charge in [0, 0.05) is 150 Å². The lowest BCUT2D eigenvalue weighted by Gasteiger charge is -2.22. The van der Waals surface area contributed by atoms with Gasteiger partial charge in [-0.2, -0.15) is 17.2 Å². The van der Waals surface area contributed by atoms with Crippen molar-refractivity contribution in [3.05, 3.63) is 144 Å². The molecule has 562 valence electrons. The summed E-state index contributed by atoms with van der Waals surface area (Å²) in [5, 5.41) is 0. The Morgan fingerprint density at radius 1 is 0.260 bits per heavy atom. The number of benzene rings is 4. The van der Waals surface area contributed by atoms with E-state index in [1.54, 1.807) is 97.1 Å². The molecular weight excluding hydrogens is 1410 g/mol. The molecule has 8 bridgehead atoms. The van der Waals surface area contributed by atoms with Crippen molar-refractivity contribution in [1.29, 1.82) is 0 Å². The van der Waals surface area contributed by atoms with E-state index in [0.717, 1.165) is 0 Å². The zero-order valence-corrected chi connectivity index (χ0v) is 63.9. The summed E-state index contributed by atoms with van der Waals surface area (Å²) in [5.74, 6) is 0. The summed E-state index contributed by atoms with van der Waals surface area (Å²) < 4.78 is 167. The molecule has 28 heteroatoms. The van der Waals surface area contributed by atoms with Crippen LogP contribution in [0.3, 0.4) is 0 Å². The number of aromatic nitrogens is 4. The Kier molecular flexibility index (Phi) is 30.2. The van der Waals surface area contributed by atoms with Crippen molar-refractivity contribution in [1.82, 2.24) is 37.2 Å². The van der Waals surface area contributed by atoms with E-state index in [0.29, 0.717) is 142 Å². The van der Waals surface area contributed by atoms with E-state index in [-0.39, 0.29) is 125 Å². The van der Waals surface area contributed by atoms with E-state index in [4.69, 9.17) is 47.9 Å². The number of fused-ring (bicyclic) bond motifs is 8. The van der Waals surface area contributed by atoms with Crippen molar-refractivity contribution >= 4 is 86.5 Å². The molecule has 0 fully saturated rings. The third-order valence-electron chi connectivity index (χ3n) is 17.4. The molecule has 0 unspecified atom stereocenters. The van der Waals surface area contributed by atoms with Crippen molar-refractivity contribution in [2.24, 2.45) is 0 Å². The molecule has 5 heterocycles. The summed E-state index contributed by atoms with van der Waals surface area (Å²) in [7, 11) is -16.3. The lowest BCUT2D eigenvalue weighted by atomic mass is 10.0. The highest BCUT2D eigenvalue weighted by Crippen LogP contribution is 2.40. The van der Waals surface area contributed by atoms with E-state index < -0.39 is 40.1 Å². The number of H-pyrrole nitrogens is 2. The van der Waals surface area contributed by atoms with Crippen LogP contribution < -0.4 is 0 Å². The highest BCUT2D eigenvalue weighted by molar-refractivity contribution is 7.90. The predicted octanol–water partition coefficient (Wildman–Crippen LogP) is 11.6. The van der Waals surface area contributed by atoms with E-state index >= 15 is 0 Å². The average molecular weight is 1510 g/mol. The third-order valence-corrected chi connectivity index (χ3v) is 25.0. The topological polar surface area (TPSA) is 281 Å². The smallest absolute Gasteiger partial charge is 0.243 e. The molecule has 2 aliphatic rings. The molecule has 0 spiro atoms. The van der Waals surface area contributed by atoms with Crippen LogP contribution in [0, 0.1) is 0 Å². The van der Waals surface area contributed by atoms with Crippen molar-refractivity contribution in [2.75, 3.05) is 158 Å². The molecule has 0 radical (unpaired) electrons. The van der Waals surface area contributed by atoms with Crippen LogP contribution in [0.15, 0.2) is 141 Å². The van der Waals surface area contributed by atoms with Crippen LogP contribution >= 0.6 is 0 Å². The van der Waals surface area contributed by atoms with Gasteiger partial charge in [0.2, 0.25) is 40.1 Å². The Bertz CT molecular complexity index is 4050. The molecule has 4 aromatic carbocycles. The fourth-order valence-corrected chi connectivity index (χ4v) is 17.7. The summed E-state index contributed by atoms with van der Waals surface area (Å²) in [4.78, 5) is 18.5. The van der Waals surface area contributed by atoms with Crippen LogP contribution in [0.4, 0.5) is 0 Å². The third kappa shape index (κ3) is 19.9. The van der Waals surface area contributed by atoms with Gasteiger partial charge in [-0.3, -0.25) is 0 Å². The van der Waals surface area contributed by atoms with Crippen LogP contribution in [-0.2, 0) is 78.0 Å². The zero-order chi connectivity index (χ0) is 74.3. The molecule has 0 saturated carbocycles. The number of nitrogens with zero attached hydrogens (tertiary/aromatic N) is 6. The van der Waals surface area contributed by atoms with Gasteiger partial charge < -0.3 is 47.9 Å². The number of sulfonamides is 4. The minimum absolute atomic E-state index is 0.0538. The van der Waals surface area contributed by atoms with Gasteiger partial charge in [-0.05, 0) is 175 Å². The number of ether oxygens (including phenoxy) is 8. The Hall–Kier alpha value is -7.20. The normalized spacial score (nSPS) is 12.9. The van der Waals surface area contributed by atoms with Gasteiger partial charge in [0.1, 0.15) is 0 Å². The molecule has 24 nitrogen and oxygen atoms in total. The Balaban J connectivity index is 1.32. The minimum atomic E-state index is -4.07. The number of hydrogen-bond donors (Lipinski definition) is 2. The first-order valence-corrected chi connectivity index (χ1v) is 41.3. The number of rotatable bonds is 44. The summed E-state index contributed by atoms with van der Waals surface area (Å²) in [6.45, 7) is 20.5. The molecule has 0 aliphatic carbocycles. The van der Waals surface area contributed by atoms with Crippen LogP contribution in [0.5, 0.6) is 0 Å². The number of nitrogens with one attached hydrogen (secondary N) is 2. The highest BCUT2D eigenvalue weighted by Gasteiger charge is 2.30. The van der Waals surface area contributed by atoms with Gasteiger partial charge in [-0.1, -0.05) is 48.5 Å². The van der Waals surface area contributed by atoms with Crippen molar-refractivity contribution < 1.29 is 71.6 Å². The van der Waals surface area contributed by atoms with E-state index in [1.165, 1.54) is 17.2 Å². The van der Waals surface area contributed by atoms with E-state index in [1.807, 2.05) is 104 Å². The SMILES string of the molecule is CCOCCN(CCOCC)S(=O)(=O)c1ccc(-c2c3nc(c(-c4ccc(S(=O)(=O)N(CCOCC)CCOCC)cc4)c4ccc([nH]4)c(-c4ccc(S(=O)(=O)N(CCOCC)CCOCC)cc4)c4nc(c(-c5ccc(S(=O)(=O)N(CCOCC)CCOCC)cc5)c5ccc2[nH]5)C=C4)C=C3)cc1. The average Bonchev–Trinajstić information content (AvgIpc) is 1.53. The molecule has 0 saturated heterocycles. The zero-order valence-electron chi connectivity index (χ0n) is 60.7. The maximum absolute atomic E-state index is 14.6. The van der Waals surface area contributed by atoms with E-state index in [9.17, 15) is 33.7 Å². The second-order valence-corrected chi connectivity index (χ2v) is 31.5. The Morgan fingerprint density at radius 3 is 0.577 bits per heavy atom. The fourth-order valence-electron chi connectivity index (χ4n) is 12.1. The number of aromatic amines is 2. The second kappa shape index (κ2) is 38.9. The van der Waals surface area contributed by atoms with E-state index in [2.05, 4.69) is 9.97 Å². The standard InChI is InChI=1S/C76H98N8O16S4/c1-9-93-49-41-81(42-50-94-10-2)101(85,86)61-25-17-57(18-26-61)73-65-33-35-67(77-65)74(58-19-27-62(28-20-58)102(87,88)82(43-51-95-11-3)44-52-96-12-4)69-37-39-71(79-69)76(60-23-31-64(32-24-60)104(91,92)84(47-55-99-15-7)48-56-100-16-8)72-40-38-70(80-72)75(68-36-34-66(73)78-68)59-21-29-63(30-22-59)103(89,90)83(45-53-97-13-5)46-54-98-14-6/h17-40,77,80H,9-16,41-56H2,1-8H3. The summed E-state index contributed by atoms with van der Waals surface area (Å²) in [5.41, 5.74) is 8.91. The van der Waals surface area contributed by atoms with Crippen molar-refractivity contribution in [3.63, 3.8) is 0 Å². The molecule has 0 atom stereocenters. The molecular formula is C76H98N8O16S4. The van der Waals surface area contributed by atoms with Crippen LogP contribution in [-0.4, -0.2) is 229 Å². The van der Waals surface area contributed by atoms with Crippen molar-refractivity contribution in [3.8, 4) is 44.5 Å². The minimum Gasteiger partial charge on any atom is -0.380 e. The van der Waals surface area contributed by atoms with Gasteiger partial charge in [0.05, 0.1) is 95.2 Å². The quantitative estimate of drug-likeness (QED) is 0.0336. The first kappa shape index (κ1) is 80.9. The van der Waals surface area contributed by atoms with Gasteiger partial charge in [-0.25, -0.2) is 43.6 Å². The lowest BCUT2D eigenvalue weighted by molar-refractivity contribution is 0.110. The highest BCUT2D eigenvalue weighted by atomic mass is 32.2. The Labute approximate surface area is 613 Å². The summed E-state index contributed by atoms with van der Waals surface area (Å²) in [6.07, 6.45) is 7.49. The molecule has 0 amide bonds. The second-order valence-electron chi connectivity index (χ2n) is 23.8. The lowest BCUT2D eigenvalue weighted by Crippen LogP contribution is -2.36. The molecule has 2 N–H and O–H groups in total. The molecule has 104 heavy (non-hydrogen) atoms. The predicted molar refractivity (Wildman–Crippen MR) is 408 cm³/mol. The van der Waals surface area contributed by atoms with Gasteiger partial charge in [0.25, 0.3) is 0 Å². The van der Waals surface area contributed by atoms with Crippen LogP contribution in [0.25, 0.3) is 90.9 Å². The monoisotopic (exact) mass is 1510 g/mol. The molecule has 3 aromatic heterocycles. The van der Waals surface area contributed by atoms with Crippen LogP contribution in [0.1, 0.15) is 78.2 Å². The maximum Gasteiger partial charge on any atom is 0.243 e. The largest absolute Gasteiger partial charge is 0.380 e. The maximum atomic E-state index is 14.6. The van der Waals surface area contributed by atoms with Crippen molar-refractivity contribution in [2.45, 2.75) is 75.0 Å². The molecule has 7 aromatic rings. The fraction of sp³-hybridized carbons (Fsp3) is 0.421. The van der Waals surface area contributed by atoms with Crippen LogP contribution in [0.2, 0.25) is 0 Å². The van der Waals surface area contributed by atoms with Gasteiger partial charge in [0.15, 0.2) is 0 Å². The first-order valence-electron chi connectivity index (χ1n) is 35.5. The first-order chi connectivity index (χ1) is 50.3. The Morgan fingerprint density at radius 2 is 0.423 bits per heavy atom. The number of hydrogen-bond acceptors (Lipinski definition) is 18. The molecule has 9 rings (SSSR count). The van der Waals surface area contributed by atoms with Gasteiger partial charge >= 0.3 is 0 Å². The van der Waals surface area contributed by atoms with Gasteiger partial charge in [-0.15, -0.1) is 0 Å². The summed E-state index contributed by atoms with van der Waals surface area (Å²) >= 11 is 0.